The smallest absolute Gasteiger partial charge is 0.336 e. The van der Waals surface area contributed by atoms with Gasteiger partial charge in [-0.05, 0) is 36.8 Å². The van der Waals surface area contributed by atoms with E-state index in [9.17, 15) is 25.2 Å². The van der Waals surface area contributed by atoms with Gasteiger partial charge in [-0.25, -0.2) is 4.79 Å². The van der Waals surface area contributed by atoms with E-state index in [1.165, 1.54) is 6.07 Å². The number of benzene rings is 1. The van der Waals surface area contributed by atoms with Crippen molar-refractivity contribution in [1.29, 1.82) is 0 Å². The number of rotatable bonds is 7. The van der Waals surface area contributed by atoms with E-state index in [0.29, 0.717) is 11.3 Å². The predicted molar refractivity (Wildman–Crippen MR) is 101 cm³/mol. The van der Waals surface area contributed by atoms with Crippen molar-refractivity contribution in [3.63, 3.8) is 0 Å². The van der Waals surface area contributed by atoms with Crippen LogP contribution in [0.2, 0.25) is 0 Å². The summed E-state index contributed by atoms with van der Waals surface area (Å²) in [7, 11) is 0. The number of aliphatic hydroxyl groups excluding tert-OH is 4. The van der Waals surface area contributed by atoms with E-state index in [2.05, 4.69) is 0 Å². The molecular formula is C20H24O9. The van der Waals surface area contributed by atoms with Gasteiger partial charge < -0.3 is 39.1 Å². The number of fused-ring (bicyclic) bond motifs is 1. The SMILES string of the molecule is C/C(=C/COc1ccc2ccc(=O)oc2c1)CO[C@@H]1O[C@H](CO)[C@@H](O)[C@H](O)[C@H]1O. The van der Waals surface area contributed by atoms with Crippen molar-refractivity contribution in [3.05, 3.63) is 52.4 Å². The second-order valence-electron chi connectivity index (χ2n) is 6.82. The van der Waals surface area contributed by atoms with Crippen molar-refractivity contribution in [3.8, 4) is 5.75 Å². The first-order valence-electron chi connectivity index (χ1n) is 9.13. The minimum Gasteiger partial charge on any atom is -0.489 e. The summed E-state index contributed by atoms with van der Waals surface area (Å²) in [6.45, 7) is 1.58. The molecule has 2 heterocycles. The van der Waals surface area contributed by atoms with Gasteiger partial charge in [0.2, 0.25) is 0 Å². The molecule has 1 aliphatic heterocycles. The van der Waals surface area contributed by atoms with Crippen LogP contribution in [0.5, 0.6) is 5.75 Å². The lowest BCUT2D eigenvalue weighted by atomic mass is 9.99. The Bertz CT molecular complexity index is 904. The van der Waals surface area contributed by atoms with Crippen LogP contribution in [0.25, 0.3) is 11.0 Å². The fraction of sp³-hybridized carbons (Fsp3) is 0.450. The summed E-state index contributed by atoms with van der Waals surface area (Å²) in [5.41, 5.74) is 0.770. The van der Waals surface area contributed by atoms with Crippen molar-refractivity contribution >= 4 is 11.0 Å². The zero-order valence-electron chi connectivity index (χ0n) is 15.8. The number of hydrogen-bond donors (Lipinski definition) is 4. The van der Waals surface area contributed by atoms with E-state index in [-0.39, 0.29) is 13.2 Å². The van der Waals surface area contributed by atoms with Crippen LogP contribution in [-0.2, 0) is 9.47 Å². The quantitative estimate of drug-likeness (QED) is 0.366. The van der Waals surface area contributed by atoms with Gasteiger partial charge in [-0.1, -0.05) is 0 Å². The highest BCUT2D eigenvalue weighted by molar-refractivity contribution is 5.77. The third-order valence-corrected chi connectivity index (χ3v) is 4.60. The molecule has 9 heteroatoms. The molecule has 29 heavy (non-hydrogen) atoms. The van der Waals surface area contributed by atoms with E-state index < -0.39 is 42.9 Å². The molecule has 0 bridgehead atoms. The van der Waals surface area contributed by atoms with Gasteiger partial charge in [0.05, 0.1) is 13.2 Å². The topological polar surface area (TPSA) is 139 Å². The Labute approximate surface area is 166 Å². The third kappa shape index (κ3) is 5.21. The van der Waals surface area contributed by atoms with Crippen LogP contribution in [0.1, 0.15) is 6.92 Å². The molecule has 9 nitrogen and oxygen atoms in total. The Morgan fingerprint density at radius 1 is 1.14 bits per heavy atom. The van der Waals surface area contributed by atoms with Gasteiger partial charge in [0.25, 0.3) is 0 Å². The third-order valence-electron chi connectivity index (χ3n) is 4.60. The van der Waals surface area contributed by atoms with E-state index in [1.807, 2.05) is 0 Å². The fourth-order valence-electron chi connectivity index (χ4n) is 2.89. The van der Waals surface area contributed by atoms with Gasteiger partial charge in [-0.3, -0.25) is 0 Å². The minimum absolute atomic E-state index is 0.0820. The van der Waals surface area contributed by atoms with Crippen LogP contribution in [-0.4, -0.2) is 71.0 Å². The lowest BCUT2D eigenvalue weighted by Gasteiger charge is -2.39. The highest BCUT2D eigenvalue weighted by Crippen LogP contribution is 2.22. The van der Waals surface area contributed by atoms with Crippen LogP contribution in [0, 0.1) is 0 Å². The Balaban J connectivity index is 1.52. The maximum Gasteiger partial charge on any atom is 0.336 e. The molecule has 0 unspecified atom stereocenters. The normalized spacial score (nSPS) is 27.9. The monoisotopic (exact) mass is 408 g/mol. The Morgan fingerprint density at radius 3 is 2.66 bits per heavy atom. The number of ether oxygens (including phenoxy) is 3. The van der Waals surface area contributed by atoms with Crippen molar-refractivity contribution in [2.45, 2.75) is 37.6 Å². The molecule has 5 atom stereocenters. The summed E-state index contributed by atoms with van der Waals surface area (Å²) >= 11 is 0. The van der Waals surface area contributed by atoms with Gasteiger partial charge in [0.1, 0.15) is 42.4 Å². The molecule has 0 amide bonds. The fourth-order valence-corrected chi connectivity index (χ4v) is 2.89. The van der Waals surface area contributed by atoms with E-state index in [4.69, 9.17) is 18.6 Å². The Kier molecular flexibility index (Phi) is 7.01. The summed E-state index contributed by atoms with van der Waals surface area (Å²) in [5, 5.41) is 39.4. The van der Waals surface area contributed by atoms with Crippen LogP contribution in [0.15, 0.2) is 51.2 Å². The van der Waals surface area contributed by atoms with Gasteiger partial charge in [-0.2, -0.15) is 0 Å². The first kappa shape index (κ1) is 21.4. The standard InChI is InChI=1S/C20H24O9/c1-11(10-27-20-19(25)18(24)17(23)15(9-21)29-20)6-7-26-13-4-2-12-3-5-16(22)28-14(12)8-13/h2-6,8,15,17-21,23-25H,7,9-10H2,1H3/b11-6-/t15-,17-,18+,19-,20-/m1/s1. The summed E-state index contributed by atoms with van der Waals surface area (Å²) < 4.78 is 21.5. The lowest BCUT2D eigenvalue weighted by molar-refractivity contribution is -0.299. The molecule has 3 rings (SSSR count). The summed E-state index contributed by atoms with van der Waals surface area (Å²) in [5.74, 6) is 0.533. The molecule has 0 saturated carbocycles. The molecule has 1 aliphatic rings. The summed E-state index contributed by atoms with van der Waals surface area (Å²) in [4.78, 5) is 11.3. The van der Waals surface area contributed by atoms with Crippen LogP contribution in [0.4, 0.5) is 0 Å². The predicted octanol–water partition coefficient (Wildman–Crippen LogP) is -0.0654. The average molecular weight is 408 g/mol. The van der Waals surface area contributed by atoms with Crippen LogP contribution < -0.4 is 10.4 Å². The molecular weight excluding hydrogens is 384 g/mol. The molecule has 0 radical (unpaired) electrons. The van der Waals surface area contributed by atoms with Crippen molar-refractivity contribution in [1.82, 2.24) is 0 Å². The van der Waals surface area contributed by atoms with Gasteiger partial charge in [-0.15, -0.1) is 0 Å². The molecule has 158 valence electrons. The van der Waals surface area contributed by atoms with E-state index in [0.717, 1.165) is 11.0 Å². The van der Waals surface area contributed by atoms with Gasteiger partial charge >= 0.3 is 5.63 Å². The molecule has 1 fully saturated rings. The molecule has 4 N–H and O–H groups in total. The summed E-state index contributed by atoms with van der Waals surface area (Å²) in [6.07, 6.45) is -4.78. The van der Waals surface area contributed by atoms with Crippen LogP contribution >= 0.6 is 0 Å². The highest BCUT2D eigenvalue weighted by Gasteiger charge is 2.43. The van der Waals surface area contributed by atoms with Gasteiger partial charge in [0, 0.05) is 17.5 Å². The second kappa shape index (κ2) is 9.49. The van der Waals surface area contributed by atoms with Crippen molar-refractivity contribution in [2.24, 2.45) is 0 Å². The maximum absolute atomic E-state index is 11.3. The largest absolute Gasteiger partial charge is 0.489 e. The molecule has 1 saturated heterocycles. The molecule has 0 spiro atoms. The lowest BCUT2D eigenvalue weighted by Crippen LogP contribution is -2.59. The van der Waals surface area contributed by atoms with E-state index >= 15 is 0 Å². The number of aliphatic hydroxyl groups is 4. The average Bonchev–Trinajstić information content (AvgIpc) is 2.71. The zero-order chi connectivity index (χ0) is 21.0. The Hall–Kier alpha value is -2.27. The first-order valence-corrected chi connectivity index (χ1v) is 9.13. The molecule has 0 aliphatic carbocycles. The maximum atomic E-state index is 11.3. The van der Waals surface area contributed by atoms with Gasteiger partial charge in [0.15, 0.2) is 6.29 Å². The number of hydrogen-bond acceptors (Lipinski definition) is 9. The van der Waals surface area contributed by atoms with Crippen molar-refractivity contribution in [2.75, 3.05) is 19.8 Å². The summed E-state index contributed by atoms with van der Waals surface area (Å²) in [6, 6.07) is 8.20. The molecule has 1 aromatic heterocycles. The molecule has 1 aromatic carbocycles. The Morgan fingerprint density at radius 2 is 1.90 bits per heavy atom. The van der Waals surface area contributed by atoms with E-state index in [1.54, 1.807) is 37.3 Å². The highest BCUT2D eigenvalue weighted by atomic mass is 16.7. The minimum atomic E-state index is -1.48. The van der Waals surface area contributed by atoms with Crippen LogP contribution in [0.3, 0.4) is 0 Å². The molecule has 2 aromatic rings. The zero-order valence-corrected chi connectivity index (χ0v) is 15.8. The second-order valence-corrected chi connectivity index (χ2v) is 6.82. The van der Waals surface area contributed by atoms with Crippen molar-refractivity contribution < 1.29 is 39.1 Å². The first-order chi connectivity index (χ1) is 13.9.